The molecule has 0 unspecified atom stereocenters. The highest BCUT2D eigenvalue weighted by molar-refractivity contribution is 14.0. The van der Waals surface area contributed by atoms with Gasteiger partial charge in [-0.3, -0.25) is 4.79 Å². The van der Waals surface area contributed by atoms with Gasteiger partial charge in [0.25, 0.3) is 0 Å². The van der Waals surface area contributed by atoms with Gasteiger partial charge >= 0.3 is 15.5 Å². The van der Waals surface area contributed by atoms with Crippen LogP contribution in [0, 0.1) is 5.92 Å². The molecular weight excluding hydrogens is 550 g/mol. The zero-order valence-electron chi connectivity index (χ0n) is 17.0. The fourth-order valence-electron chi connectivity index (χ4n) is 3.03. The number of aliphatic imine (C=N–C) groups is 1. The highest BCUT2D eigenvalue weighted by Crippen LogP contribution is 2.30. The van der Waals surface area contributed by atoms with Gasteiger partial charge in [-0.05, 0) is 43.4 Å². The van der Waals surface area contributed by atoms with Crippen molar-refractivity contribution in [2.45, 2.75) is 31.8 Å². The van der Waals surface area contributed by atoms with E-state index in [1.165, 1.54) is 0 Å². The minimum atomic E-state index is -5.27. The normalized spacial score (nSPS) is 16.5. The van der Waals surface area contributed by atoms with Crippen LogP contribution in [0.1, 0.15) is 35.7 Å². The molecule has 1 aromatic rings. The second-order valence-corrected chi connectivity index (χ2v) is 8.86. The summed E-state index contributed by atoms with van der Waals surface area (Å²) in [5, 5.41) is 6.23. The molecule has 176 valence electrons. The Kier molecular flexibility index (Phi) is 10.5. The number of rotatable bonds is 7. The molecule has 0 saturated carbocycles. The Bertz CT molecular complexity index is 855. The number of halogens is 4. The monoisotopic (exact) mass is 577 g/mol. The maximum atomic E-state index is 12.7. The Morgan fingerprint density at radius 1 is 1.19 bits per heavy atom. The molecule has 0 radical (unpaired) electrons. The van der Waals surface area contributed by atoms with Crippen LogP contribution in [0.5, 0.6) is 0 Å². The van der Waals surface area contributed by atoms with E-state index in [0.717, 1.165) is 5.56 Å². The van der Waals surface area contributed by atoms with E-state index in [1.807, 2.05) is 6.92 Å². The number of sulfonamides is 1. The summed E-state index contributed by atoms with van der Waals surface area (Å²) >= 11 is 0. The SMILES string of the molecule is CCNC(=NCc1ccc(C(N)=O)cc1)NCC1CCN(S(=O)(=O)C(F)(F)F)CC1.I. The van der Waals surface area contributed by atoms with Crippen LogP contribution in [0.15, 0.2) is 29.3 Å². The fourth-order valence-corrected chi connectivity index (χ4v) is 4.01. The Balaban J connectivity index is 0.00000480. The second kappa shape index (κ2) is 11.9. The summed E-state index contributed by atoms with van der Waals surface area (Å²) < 4.78 is 61.4. The van der Waals surface area contributed by atoms with E-state index < -0.39 is 21.4 Å². The molecule has 0 aromatic heterocycles. The zero-order valence-corrected chi connectivity index (χ0v) is 20.1. The summed E-state index contributed by atoms with van der Waals surface area (Å²) in [4.78, 5) is 15.6. The number of hydrogen-bond acceptors (Lipinski definition) is 4. The van der Waals surface area contributed by atoms with Crippen molar-refractivity contribution < 1.29 is 26.4 Å². The molecule has 1 aromatic carbocycles. The molecule has 1 fully saturated rings. The van der Waals surface area contributed by atoms with Gasteiger partial charge in [0.1, 0.15) is 0 Å². The maximum Gasteiger partial charge on any atom is 0.511 e. The number of nitrogens with two attached hydrogens (primary N) is 1. The van der Waals surface area contributed by atoms with Crippen molar-refractivity contribution in [3.05, 3.63) is 35.4 Å². The molecule has 13 heteroatoms. The first-order chi connectivity index (χ1) is 14.0. The predicted molar refractivity (Wildman–Crippen MR) is 122 cm³/mol. The molecule has 31 heavy (non-hydrogen) atoms. The number of benzene rings is 1. The third kappa shape index (κ3) is 7.79. The summed E-state index contributed by atoms with van der Waals surface area (Å²) in [7, 11) is -5.26. The predicted octanol–water partition coefficient (Wildman–Crippen LogP) is 2.02. The number of carbonyl (C=O) groups is 1. The lowest BCUT2D eigenvalue weighted by molar-refractivity contribution is -0.0496. The topological polar surface area (TPSA) is 117 Å². The van der Waals surface area contributed by atoms with Crippen LogP contribution < -0.4 is 16.4 Å². The van der Waals surface area contributed by atoms with Gasteiger partial charge in [0.05, 0.1) is 6.54 Å². The molecule has 1 aliphatic heterocycles. The van der Waals surface area contributed by atoms with Crippen molar-refractivity contribution in [1.82, 2.24) is 14.9 Å². The zero-order chi connectivity index (χ0) is 22.4. The lowest BCUT2D eigenvalue weighted by atomic mass is 9.98. The van der Waals surface area contributed by atoms with E-state index in [-0.39, 0.29) is 43.0 Å². The maximum absolute atomic E-state index is 12.7. The molecule has 1 aliphatic rings. The minimum absolute atomic E-state index is 0. The summed E-state index contributed by atoms with van der Waals surface area (Å²) in [5.74, 6) is 0.0688. The van der Waals surface area contributed by atoms with E-state index in [1.54, 1.807) is 24.3 Å². The van der Waals surface area contributed by atoms with Crippen LogP contribution in [-0.4, -0.2) is 56.3 Å². The van der Waals surface area contributed by atoms with Crippen molar-refractivity contribution in [1.29, 1.82) is 0 Å². The average molecular weight is 577 g/mol. The average Bonchev–Trinajstić information content (AvgIpc) is 2.70. The number of guanidine groups is 1. The second-order valence-electron chi connectivity index (χ2n) is 6.93. The van der Waals surface area contributed by atoms with E-state index in [0.29, 0.717) is 48.3 Å². The lowest BCUT2D eigenvalue weighted by Crippen LogP contribution is -2.47. The van der Waals surface area contributed by atoms with Gasteiger partial charge < -0.3 is 16.4 Å². The first kappa shape index (κ1) is 27.4. The summed E-state index contributed by atoms with van der Waals surface area (Å²) in [5.41, 5.74) is 1.23. The molecule has 0 bridgehead atoms. The number of alkyl halides is 3. The first-order valence-electron chi connectivity index (χ1n) is 9.52. The molecule has 0 spiro atoms. The summed E-state index contributed by atoms with van der Waals surface area (Å²) in [6, 6.07) is 6.75. The number of amides is 1. The molecule has 0 atom stereocenters. The van der Waals surface area contributed by atoms with Crippen LogP contribution in [0.25, 0.3) is 0 Å². The molecule has 2 rings (SSSR count). The van der Waals surface area contributed by atoms with Crippen molar-refractivity contribution in [3.63, 3.8) is 0 Å². The van der Waals surface area contributed by atoms with E-state index in [9.17, 15) is 26.4 Å². The number of carbonyl (C=O) groups excluding carboxylic acids is 1. The summed E-state index contributed by atoms with van der Waals surface area (Å²) in [6.07, 6.45) is 0.659. The smallest absolute Gasteiger partial charge is 0.366 e. The molecule has 1 amide bonds. The highest BCUT2D eigenvalue weighted by Gasteiger charge is 2.50. The van der Waals surface area contributed by atoms with Gasteiger partial charge in [-0.1, -0.05) is 12.1 Å². The number of nitrogens with zero attached hydrogens (tertiary/aromatic N) is 2. The molecule has 1 heterocycles. The number of nitrogens with one attached hydrogen (secondary N) is 2. The van der Waals surface area contributed by atoms with Crippen molar-refractivity contribution in [2.75, 3.05) is 26.2 Å². The van der Waals surface area contributed by atoms with Crippen LogP contribution in [0.4, 0.5) is 13.2 Å². The Labute approximate surface area is 196 Å². The molecule has 1 saturated heterocycles. The van der Waals surface area contributed by atoms with Crippen LogP contribution >= 0.6 is 24.0 Å². The van der Waals surface area contributed by atoms with Crippen LogP contribution in [0.3, 0.4) is 0 Å². The van der Waals surface area contributed by atoms with Crippen molar-refractivity contribution in [2.24, 2.45) is 16.6 Å². The van der Waals surface area contributed by atoms with E-state index in [4.69, 9.17) is 5.73 Å². The minimum Gasteiger partial charge on any atom is -0.366 e. The van der Waals surface area contributed by atoms with Gasteiger partial charge in [0.15, 0.2) is 5.96 Å². The fraction of sp³-hybridized carbons (Fsp3) is 0.556. The molecule has 4 N–H and O–H groups in total. The third-order valence-corrected chi connectivity index (χ3v) is 6.40. The number of piperidine rings is 1. The van der Waals surface area contributed by atoms with Crippen LogP contribution in [-0.2, 0) is 16.6 Å². The lowest BCUT2D eigenvalue weighted by Gasteiger charge is -2.31. The van der Waals surface area contributed by atoms with Gasteiger partial charge in [-0.2, -0.15) is 17.5 Å². The van der Waals surface area contributed by atoms with Crippen molar-refractivity contribution in [3.8, 4) is 0 Å². The molecule has 8 nitrogen and oxygen atoms in total. The van der Waals surface area contributed by atoms with E-state index in [2.05, 4.69) is 15.6 Å². The Morgan fingerprint density at radius 3 is 2.26 bits per heavy atom. The van der Waals surface area contributed by atoms with Gasteiger partial charge in [0, 0.05) is 31.7 Å². The van der Waals surface area contributed by atoms with Gasteiger partial charge in [-0.15, -0.1) is 24.0 Å². The van der Waals surface area contributed by atoms with Crippen LogP contribution in [0.2, 0.25) is 0 Å². The Morgan fingerprint density at radius 2 is 1.77 bits per heavy atom. The van der Waals surface area contributed by atoms with E-state index >= 15 is 0 Å². The highest BCUT2D eigenvalue weighted by atomic mass is 127. The largest absolute Gasteiger partial charge is 0.511 e. The quantitative estimate of drug-likeness (QED) is 0.261. The van der Waals surface area contributed by atoms with Gasteiger partial charge in [-0.25, -0.2) is 13.4 Å². The molecule has 0 aliphatic carbocycles. The van der Waals surface area contributed by atoms with Crippen molar-refractivity contribution >= 4 is 45.9 Å². The standard InChI is InChI=1S/C18H26F3N5O3S.HI/c1-2-23-17(24-11-13-3-5-15(6-4-13)16(22)27)25-12-14-7-9-26(10-8-14)30(28,29)18(19,20)21;/h3-6,14H,2,7-12H2,1H3,(H2,22,27)(H2,23,24,25);1H. The summed E-state index contributed by atoms with van der Waals surface area (Å²) in [6.45, 7) is 3.03. The number of primary amides is 1. The van der Waals surface area contributed by atoms with Gasteiger partial charge in [0.2, 0.25) is 5.91 Å². The number of hydrogen-bond donors (Lipinski definition) is 3. The first-order valence-corrected chi connectivity index (χ1v) is 11.0. The third-order valence-electron chi connectivity index (χ3n) is 4.77. The molecular formula is C18H27F3IN5O3S. The Hall–Kier alpha value is -1.61.